The van der Waals surface area contributed by atoms with Crippen molar-refractivity contribution in [2.75, 3.05) is 0 Å². The lowest BCUT2D eigenvalue weighted by atomic mass is 9.53. The topological polar surface area (TPSA) is 115 Å². The first-order valence-electron chi connectivity index (χ1n) is 9.20. The van der Waals surface area contributed by atoms with Gasteiger partial charge in [-0.1, -0.05) is 18.9 Å². The fourth-order valence-corrected chi connectivity index (χ4v) is 5.82. The molecule has 1 aromatic carbocycles. The van der Waals surface area contributed by atoms with Crippen LogP contribution in [0.1, 0.15) is 56.1 Å². The summed E-state index contributed by atoms with van der Waals surface area (Å²) in [6, 6.07) is 5.87. The zero-order valence-corrected chi connectivity index (χ0v) is 16.1. The summed E-state index contributed by atoms with van der Waals surface area (Å²) in [5.74, 6) is 4.82. The van der Waals surface area contributed by atoms with Crippen molar-refractivity contribution in [2.24, 2.45) is 17.3 Å². The lowest BCUT2D eigenvalue weighted by molar-refractivity contribution is -0.0646. The molecule has 0 aromatic heterocycles. The van der Waals surface area contributed by atoms with Gasteiger partial charge in [0.2, 0.25) is 0 Å². The van der Waals surface area contributed by atoms with Crippen LogP contribution in [0.3, 0.4) is 0 Å². The predicted molar refractivity (Wildman–Crippen MR) is 101 cm³/mol. The number of phenolic OH excluding ortho intramolecular Hbond substituents is 1. The zero-order chi connectivity index (χ0) is 20.0. The highest BCUT2D eigenvalue weighted by Gasteiger charge is 2.61. The van der Waals surface area contributed by atoms with Crippen LogP contribution < -0.4 is 0 Å². The third kappa shape index (κ3) is 3.59. The minimum absolute atomic E-state index is 0.128. The standard InChI is InChI=1S/C20H24O2.H2O4S/c1-3-20(22)11-9-18-17-6-4-13-12-14(21)5-7-15(13)16(17)8-10-19(18,20)2;1-5(2,3)4/h1,5,7,12,16-18,21-22H,4,6,8-11H2,2H3;(H2,1,2,3,4)/t16-,17-,18+,19?,20+;/m1./s1. The van der Waals surface area contributed by atoms with Gasteiger partial charge in [0, 0.05) is 5.41 Å². The highest BCUT2D eigenvalue weighted by molar-refractivity contribution is 7.79. The smallest absolute Gasteiger partial charge is 0.394 e. The lowest BCUT2D eigenvalue weighted by Gasteiger charge is -2.52. The Hall–Kier alpha value is -1.59. The molecule has 0 aliphatic heterocycles. The third-order valence-corrected chi connectivity index (χ3v) is 7.10. The van der Waals surface area contributed by atoms with Crippen molar-refractivity contribution in [2.45, 2.75) is 57.0 Å². The number of phenols is 1. The van der Waals surface area contributed by atoms with Gasteiger partial charge in [0.1, 0.15) is 11.4 Å². The molecule has 3 aliphatic carbocycles. The summed E-state index contributed by atoms with van der Waals surface area (Å²) in [7, 11) is -4.67. The minimum Gasteiger partial charge on any atom is -0.508 e. The first-order valence-corrected chi connectivity index (χ1v) is 10.6. The highest BCUT2D eigenvalue weighted by atomic mass is 32.3. The summed E-state index contributed by atoms with van der Waals surface area (Å²) >= 11 is 0. The van der Waals surface area contributed by atoms with Gasteiger partial charge in [0.15, 0.2) is 0 Å². The van der Waals surface area contributed by atoms with Crippen LogP contribution in [0.4, 0.5) is 0 Å². The number of aliphatic hydroxyl groups is 1. The van der Waals surface area contributed by atoms with Crippen LogP contribution in [-0.2, 0) is 16.8 Å². The Morgan fingerprint density at radius 2 is 1.85 bits per heavy atom. The van der Waals surface area contributed by atoms with Crippen molar-refractivity contribution < 1.29 is 27.7 Å². The van der Waals surface area contributed by atoms with E-state index in [9.17, 15) is 10.2 Å². The van der Waals surface area contributed by atoms with Gasteiger partial charge in [-0.2, -0.15) is 8.42 Å². The summed E-state index contributed by atoms with van der Waals surface area (Å²) in [4.78, 5) is 0. The molecule has 0 spiro atoms. The number of rotatable bonds is 0. The number of benzene rings is 1. The predicted octanol–water partition coefficient (Wildman–Crippen LogP) is 2.96. The number of aryl methyl sites for hydroxylation is 1. The molecule has 0 bridgehead atoms. The van der Waals surface area contributed by atoms with E-state index in [-0.39, 0.29) is 5.41 Å². The van der Waals surface area contributed by atoms with Crippen LogP contribution in [0.2, 0.25) is 0 Å². The Labute approximate surface area is 160 Å². The van der Waals surface area contributed by atoms with E-state index in [1.165, 1.54) is 11.1 Å². The SMILES string of the molecule is C#C[C@]1(O)CC[C@H]2[C@@H]3CCc4cc(O)ccc4[C@H]3CCC21C.O=S(=O)(O)O. The molecule has 7 heteroatoms. The van der Waals surface area contributed by atoms with Gasteiger partial charge >= 0.3 is 10.4 Å². The molecule has 2 fully saturated rings. The molecule has 6 nitrogen and oxygen atoms in total. The molecular formula is C20H26O6S. The normalized spacial score (nSPS) is 37.1. The molecule has 0 amide bonds. The number of terminal acetylenes is 1. The van der Waals surface area contributed by atoms with Crippen LogP contribution in [0, 0.1) is 29.6 Å². The van der Waals surface area contributed by atoms with Gasteiger partial charge < -0.3 is 10.2 Å². The molecule has 4 N–H and O–H groups in total. The van der Waals surface area contributed by atoms with Crippen molar-refractivity contribution in [1.29, 1.82) is 0 Å². The van der Waals surface area contributed by atoms with Gasteiger partial charge in [0.05, 0.1) is 0 Å². The Bertz CT molecular complexity index is 865. The van der Waals surface area contributed by atoms with Crippen LogP contribution in [0.15, 0.2) is 18.2 Å². The van der Waals surface area contributed by atoms with Gasteiger partial charge in [-0.3, -0.25) is 9.11 Å². The monoisotopic (exact) mass is 394 g/mol. The molecule has 3 aliphatic rings. The fraction of sp³-hybridized carbons (Fsp3) is 0.600. The van der Waals surface area contributed by atoms with Gasteiger partial charge in [-0.15, -0.1) is 6.42 Å². The fourth-order valence-electron chi connectivity index (χ4n) is 5.82. The maximum absolute atomic E-state index is 10.9. The molecule has 148 valence electrons. The second kappa shape index (κ2) is 6.78. The molecule has 0 heterocycles. The quantitative estimate of drug-likeness (QED) is 0.397. The van der Waals surface area contributed by atoms with Crippen LogP contribution >= 0.6 is 0 Å². The maximum atomic E-state index is 10.9. The third-order valence-electron chi connectivity index (χ3n) is 7.10. The van der Waals surface area contributed by atoms with E-state index in [0.29, 0.717) is 23.5 Å². The van der Waals surface area contributed by atoms with Crippen LogP contribution in [0.5, 0.6) is 5.75 Å². The first kappa shape index (κ1) is 20.2. The van der Waals surface area contributed by atoms with Gasteiger partial charge in [0.25, 0.3) is 0 Å². The van der Waals surface area contributed by atoms with Crippen molar-refractivity contribution in [3.63, 3.8) is 0 Å². The summed E-state index contributed by atoms with van der Waals surface area (Å²) in [6.07, 6.45) is 11.8. The molecule has 0 saturated heterocycles. The average molecular weight is 394 g/mol. The summed E-state index contributed by atoms with van der Waals surface area (Å²) < 4.78 is 31.6. The Morgan fingerprint density at radius 1 is 1.19 bits per heavy atom. The van der Waals surface area contributed by atoms with E-state index in [4.69, 9.17) is 23.9 Å². The number of hydrogen-bond donors (Lipinski definition) is 4. The summed E-state index contributed by atoms with van der Waals surface area (Å²) in [6.45, 7) is 2.22. The van der Waals surface area contributed by atoms with Crippen molar-refractivity contribution >= 4 is 10.4 Å². The molecule has 0 radical (unpaired) electrons. The average Bonchev–Trinajstić information content (AvgIpc) is 2.85. The second-order valence-electron chi connectivity index (χ2n) is 8.25. The van der Waals surface area contributed by atoms with Gasteiger partial charge in [-0.05, 0) is 79.5 Å². The molecule has 1 aromatic rings. The molecule has 27 heavy (non-hydrogen) atoms. The molecule has 1 unspecified atom stereocenters. The van der Waals surface area contributed by atoms with E-state index < -0.39 is 16.0 Å². The first-order chi connectivity index (χ1) is 12.5. The van der Waals surface area contributed by atoms with Crippen molar-refractivity contribution in [3.05, 3.63) is 29.3 Å². The Balaban J connectivity index is 0.000000376. The van der Waals surface area contributed by atoms with E-state index in [1.54, 1.807) is 0 Å². The summed E-state index contributed by atoms with van der Waals surface area (Å²) in [5, 5.41) is 20.6. The number of hydrogen-bond acceptors (Lipinski definition) is 4. The lowest BCUT2D eigenvalue weighted by Crippen LogP contribution is -2.50. The second-order valence-corrected chi connectivity index (χ2v) is 9.14. The van der Waals surface area contributed by atoms with E-state index in [0.717, 1.165) is 38.5 Å². The summed E-state index contributed by atoms with van der Waals surface area (Å²) in [5.41, 5.74) is 1.69. The van der Waals surface area contributed by atoms with Crippen LogP contribution in [0.25, 0.3) is 0 Å². The Kier molecular flexibility index (Phi) is 5.06. The van der Waals surface area contributed by atoms with Crippen LogP contribution in [-0.4, -0.2) is 33.3 Å². The van der Waals surface area contributed by atoms with Crippen molar-refractivity contribution in [3.8, 4) is 18.1 Å². The van der Waals surface area contributed by atoms with E-state index in [2.05, 4.69) is 18.9 Å². The highest BCUT2D eigenvalue weighted by Crippen LogP contribution is 2.64. The van der Waals surface area contributed by atoms with E-state index >= 15 is 0 Å². The molecule has 5 atom stereocenters. The molecular weight excluding hydrogens is 368 g/mol. The molecule has 4 rings (SSSR count). The zero-order valence-electron chi connectivity index (χ0n) is 15.3. The van der Waals surface area contributed by atoms with E-state index in [1.807, 2.05) is 12.1 Å². The maximum Gasteiger partial charge on any atom is 0.394 e. The van der Waals surface area contributed by atoms with Gasteiger partial charge in [-0.25, -0.2) is 0 Å². The minimum atomic E-state index is -4.67. The van der Waals surface area contributed by atoms with Crippen molar-refractivity contribution in [1.82, 2.24) is 0 Å². The number of fused-ring (bicyclic) bond motifs is 5. The number of aromatic hydroxyl groups is 1. The Morgan fingerprint density at radius 3 is 2.48 bits per heavy atom. The molecule has 2 saturated carbocycles. The largest absolute Gasteiger partial charge is 0.508 e.